The van der Waals surface area contributed by atoms with Gasteiger partial charge in [0.15, 0.2) is 0 Å². The summed E-state index contributed by atoms with van der Waals surface area (Å²) in [6.45, 7) is 1.85. The third kappa shape index (κ3) is 5.33. The van der Waals surface area contributed by atoms with Gasteiger partial charge in [0, 0.05) is 5.02 Å². The predicted octanol–water partition coefficient (Wildman–Crippen LogP) is 7.65. The van der Waals surface area contributed by atoms with E-state index in [1.807, 2.05) is 25.1 Å². The second-order valence-electron chi connectivity index (χ2n) is 6.95. The number of alkyl halides is 3. The van der Waals surface area contributed by atoms with Crippen LogP contribution in [0.4, 0.5) is 13.2 Å². The lowest BCUT2D eigenvalue weighted by molar-refractivity contribution is -0.137. The monoisotopic (exact) mass is 438 g/mol. The maximum Gasteiger partial charge on any atom is 0.417 e. The van der Waals surface area contributed by atoms with Crippen LogP contribution in [0, 0.1) is 6.92 Å². The van der Waals surface area contributed by atoms with Crippen molar-refractivity contribution in [2.24, 2.45) is 0 Å². The number of aliphatic hydroxyl groups excluding tert-OH is 1. The summed E-state index contributed by atoms with van der Waals surface area (Å²) in [6.07, 6.45) is -4.10. The molecular formula is C23H19Cl2F3O. The van der Waals surface area contributed by atoms with Crippen molar-refractivity contribution in [2.75, 3.05) is 0 Å². The van der Waals surface area contributed by atoms with Crippen molar-refractivity contribution in [3.8, 4) is 11.1 Å². The molecule has 0 heterocycles. The summed E-state index contributed by atoms with van der Waals surface area (Å²) in [5.74, 6) is 0. The molecule has 0 aliphatic rings. The summed E-state index contributed by atoms with van der Waals surface area (Å²) in [5.41, 5.74) is 2.89. The van der Waals surface area contributed by atoms with E-state index >= 15 is 0 Å². The van der Waals surface area contributed by atoms with Gasteiger partial charge in [0.2, 0.25) is 0 Å². The van der Waals surface area contributed by atoms with Crippen molar-refractivity contribution in [3.63, 3.8) is 0 Å². The van der Waals surface area contributed by atoms with E-state index in [0.29, 0.717) is 29.0 Å². The summed E-state index contributed by atoms with van der Waals surface area (Å²) in [4.78, 5) is 0. The molecule has 1 unspecified atom stereocenters. The van der Waals surface area contributed by atoms with Gasteiger partial charge in [0.05, 0.1) is 16.7 Å². The van der Waals surface area contributed by atoms with Crippen molar-refractivity contribution in [2.45, 2.75) is 32.0 Å². The number of halogens is 5. The summed E-state index contributed by atoms with van der Waals surface area (Å²) in [6, 6.07) is 16.6. The highest BCUT2D eigenvalue weighted by molar-refractivity contribution is 6.31. The lowest BCUT2D eigenvalue weighted by Gasteiger charge is -2.15. The zero-order chi connectivity index (χ0) is 21.2. The number of hydrogen-bond donors (Lipinski definition) is 1. The molecule has 3 aromatic rings. The van der Waals surface area contributed by atoms with E-state index in [1.165, 1.54) is 6.07 Å². The van der Waals surface area contributed by atoms with E-state index in [-0.39, 0.29) is 5.02 Å². The molecule has 3 rings (SSSR count). The Labute approximate surface area is 177 Å². The van der Waals surface area contributed by atoms with Crippen molar-refractivity contribution in [1.29, 1.82) is 0 Å². The molecule has 0 aromatic heterocycles. The summed E-state index contributed by atoms with van der Waals surface area (Å²) >= 11 is 11.6. The highest BCUT2D eigenvalue weighted by Crippen LogP contribution is 2.38. The molecule has 1 atom stereocenters. The number of aliphatic hydroxyl groups is 1. The molecule has 0 bridgehead atoms. The number of benzene rings is 3. The minimum absolute atomic E-state index is 0.318. The van der Waals surface area contributed by atoms with Gasteiger partial charge in [0.25, 0.3) is 0 Å². The number of hydrogen-bond acceptors (Lipinski definition) is 1. The molecule has 0 aliphatic heterocycles. The molecule has 1 nitrogen and oxygen atoms in total. The second-order valence-corrected chi connectivity index (χ2v) is 7.79. The Kier molecular flexibility index (Phi) is 6.57. The van der Waals surface area contributed by atoms with Crippen molar-refractivity contribution < 1.29 is 18.3 Å². The lowest BCUT2D eigenvalue weighted by atomic mass is 9.94. The Bertz CT molecular complexity index is 998. The normalized spacial score (nSPS) is 12.8. The van der Waals surface area contributed by atoms with Crippen molar-refractivity contribution in [1.82, 2.24) is 0 Å². The Hall–Kier alpha value is -2.01. The van der Waals surface area contributed by atoms with Gasteiger partial charge >= 0.3 is 6.18 Å². The van der Waals surface area contributed by atoms with E-state index in [1.54, 1.807) is 30.3 Å². The minimum atomic E-state index is -4.51. The van der Waals surface area contributed by atoms with E-state index < -0.39 is 17.8 Å². The zero-order valence-corrected chi connectivity index (χ0v) is 17.1. The van der Waals surface area contributed by atoms with Crippen LogP contribution in [-0.2, 0) is 12.6 Å². The van der Waals surface area contributed by atoms with Crippen molar-refractivity contribution >= 4 is 23.2 Å². The van der Waals surface area contributed by atoms with Crippen molar-refractivity contribution in [3.05, 3.63) is 93.0 Å². The minimum Gasteiger partial charge on any atom is -0.388 e. The van der Waals surface area contributed by atoms with E-state index in [0.717, 1.165) is 22.8 Å². The first kappa shape index (κ1) is 21.7. The molecule has 1 N–H and O–H groups in total. The number of rotatable bonds is 5. The fourth-order valence-corrected chi connectivity index (χ4v) is 3.55. The molecule has 0 saturated heterocycles. The van der Waals surface area contributed by atoms with Crippen LogP contribution in [0.3, 0.4) is 0 Å². The third-order valence-electron chi connectivity index (χ3n) is 4.85. The zero-order valence-electron chi connectivity index (χ0n) is 15.6. The van der Waals surface area contributed by atoms with Gasteiger partial charge < -0.3 is 5.11 Å². The molecule has 0 aliphatic carbocycles. The summed E-state index contributed by atoms with van der Waals surface area (Å²) in [7, 11) is 0. The molecular weight excluding hydrogens is 420 g/mol. The highest BCUT2D eigenvalue weighted by atomic mass is 35.5. The Morgan fingerprint density at radius 2 is 1.62 bits per heavy atom. The van der Waals surface area contributed by atoms with E-state index in [9.17, 15) is 18.3 Å². The highest BCUT2D eigenvalue weighted by Gasteiger charge is 2.33. The lowest BCUT2D eigenvalue weighted by Crippen LogP contribution is -2.06. The Morgan fingerprint density at radius 1 is 0.931 bits per heavy atom. The first-order chi connectivity index (χ1) is 13.6. The largest absolute Gasteiger partial charge is 0.417 e. The quantitative estimate of drug-likeness (QED) is 0.433. The van der Waals surface area contributed by atoms with Crippen LogP contribution in [0.2, 0.25) is 10.0 Å². The summed E-state index contributed by atoms with van der Waals surface area (Å²) in [5, 5.41) is 10.7. The van der Waals surface area contributed by atoms with Gasteiger partial charge in [-0.25, -0.2) is 0 Å². The smallest absolute Gasteiger partial charge is 0.388 e. The first-order valence-electron chi connectivity index (χ1n) is 9.05. The predicted molar refractivity (Wildman–Crippen MR) is 111 cm³/mol. The molecule has 152 valence electrons. The van der Waals surface area contributed by atoms with Crippen LogP contribution in [0.25, 0.3) is 11.1 Å². The average Bonchev–Trinajstić information content (AvgIpc) is 2.67. The van der Waals surface area contributed by atoms with Gasteiger partial charge in [-0.2, -0.15) is 13.2 Å². The SMILES string of the molecule is Cc1ccc(CCC(O)c2ccc(Cl)cc2)cc1-c1ccc(Cl)c(C(F)(F)F)c1. The van der Waals surface area contributed by atoms with E-state index in [2.05, 4.69) is 0 Å². The molecule has 0 fully saturated rings. The van der Waals surface area contributed by atoms with Crippen LogP contribution in [-0.4, -0.2) is 5.11 Å². The molecule has 0 spiro atoms. The van der Waals surface area contributed by atoms with Crippen LogP contribution < -0.4 is 0 Å². The van der Waals surface area contributed by atoms with Crippen LogP contribution in [0.5, 0.6) is 0 Å². The maximum atomic E-state index is 13.2. The Balaban J connectivity index is 1.82. The van der Waals surface area contributed by atoms with Gasteiger partial charge in [0.1, 0.15) is 0 Å². The van der Waals surface area contributed by atoms with Gasteiger partial charge in [-0.15, -0.1) is 0 Å². The molecule has 3 aromatic carbocycles. The number of aryl methyl sites for hydroxylation is 2. The molecule has 0 saturated carbocycles. The van der Waals surface area contributed by atoms with Crippen LogP contribution in [0.15, 0.2) is 60.7 Å². The van der Waals surface area contributed by atoms with Gasteiger partial charge in [-0.3, -0.25) is 0 Å². The first-order valence-corrected chi connectivity index (χ1v) is 9.81. The fourth-order valence-electron chi connectivity index (χ4n) is 3.20. The van der Waals surface area contributed by atoms with Crippen LogP contribution in [0.1, 0.15) is 34.8 Å². The summed E-state index contributed by atoms with van der Waals surface area (Å²) < 4.78 is 39.6. The molecule has 6 heteroatoms. The molecule has 29 heavy (non-hydrogen) atoms. The third-order valence-corrected chi connectivity index (χ3v) is 5.43. The van der Waals surface area contributed by atoms with E-state index in [4.69, 9.17) is 23.2 Å². The van der Waals surface area contributed by atoms with Crippen LogP contribution >= 0.6 is 23.2 Å². The fraction of sp³-hybridized carbons (Fsp3) is 0.217. The second kappa shape index (κ2) is 8.78. The van der Waals surface area contributed by atoms with Gasteiger partial charge in [-0.1, -0.05) is 59.6 Å². The molecule has 0 amide bonds. The van der Waals surface area contributed by atoms with Gasteiger partial charge in [-0.05, 0) is 71.8 Å². The maximum absolute atomic E-state index is 13.2. The standard InChI is InChI=1S/C23H19Cl2F3O/c1-14-2-3-15(4-11-22(29)16-5-8-18(24)9-6-16)12-19(14)17-7-10-21(25)20(13-17)23(26,27)28/h2-3,5-10,12-13,22,29H,4,11H2,1H3. The molecule has 0 radical (unpaired) electrons. The average molecular weight is 439 g/mol. The topological polar surface area (TPSA) is 20.2 Å². The Morgan fingerprint density at radius 3 is 2.28 bits per heavy atom.